The van der Waals surface area contributed by atoms with Crippen molar-refractivity contribution in [2.45, 2.75) is 57.2 Å². The van der Waals surface area contributed by atoms with Gasteiger partial charge in [-0.2, -0.15) is 0 Å². The first kappa shape index (κ1) is 11.6. The minimum absolute atomic E-state index is 0.356. The van der Waals surface area contributed by atoms with E-state index in [0.717, 1.165) is 25.1 Å². The third-order valence-corrected chi connectivity index (χ3v) is 3.47. The van der Waals surface area contributed by atoms with Gasteiger partial charge in [0.05, 0.1) is 6.04 Å². The molecule has 1 heterocycles. The minimum atomic E-state index is 0.356. The largest absolute Gasteiger partial charge is 0.347 e. The van der Waals surface area contributed by atoms with Crippen LogP contribution >= 0.6 is 0 Å². The normalized spacial score (nSPS) is 27.9. The standard InChI is InChI=1S/C12H22N4/c1-2-11(12-14-7-8-15-12)16-10-5-3-9(13)4-6-10/h7-11,16H,2-6,13H2,1H3,(H,14,15). The van der Waals surface area contributed by atoms with Gasteiger partial charge in [-0.15, -0.1) is 0 Å². The number of nitrogens with one attached hydrogen (secondary N) is 2. The highest BCUT2D eigenvalue weighted by Crippen LogP contribution is 2.21. The lowest BCUT2D eigenvalue weighted by Gasteiger charge is -2.29. The van der Waals surface area contributed by atoms with Crippen LogP contribution in [-0.2, 0) is 0 Å². The van der Waals surface area contributed by atoms with Gasteiger partial charge in [-0.1, -0.05) is 6.92 Å². The van der Waals surface area contributed by atoms with Crippen LogP contribution in [0.4, 0.5) is 0 Å². The summed E-state index contributed by atoms with van der Waals surface area (Å²) in [6.07, 6.45) is 9.44. The van der Waals surface area contributed by atoms with Crippen molar-refractivity contribution in [3.05, 3.63) is 18.2 Å². The monoisotopic (exact) mass is 222 g/mol. The molecular weight excluding hydrogens is 200 g/mol. The Kier molecular flexibility index (Phi) is 3.96. The summed E-state index contributed by atoms with van der Waals surface area (Å²) >= 11 is 0. The molecule has 0 amide bonds. The Labute approximate surface area is 97.0 Å². The van der Waals surface area contributed by atoms with Crippen LogP contribution in [0.25, 0.3) is 0 Å². The van der Waals surface area contributed by atoms with E-state index in [9.17, 15) is 0 Å². The van der Waals surface area contributed by atoms with Crippen molar-refractivity contribution in [3.63, 3.8) is 0 Å². The Hall–Kier alpha value is -0.870. The second kappa shape index (κ2) is 5.46. The van der Waals surface area contributed by atoms with Crippen molar-refractivity contribution >= 4 is 0 Å². The highest BCUT2D eigenvalue weighted by Gasteiger charge is 2.22. The van der Waals surface area contributed by atoms with Gasteiger partial charge >= 0.3 is 0 Å². The number of rotatable bonds is 4. The van der Waals surface area contributed by atoms with E-state index in [1.54, 1.807) is 0 Å². The molecule has 90 valence electrons. The SMILES string of the molecule is CCC(NC1CCC(N)CC1)c1ncc[nH]1. The third kappa shape index (κ3) is 2.83. The van der Waals surface area contributed by atoms with Crippen molar-refractivity contribution in [1.29, 1.82) is 0 Å². The fourth-order valence-electron chi connectivity index (χ4n) is 2.43. The minimum Gasteiger partial charge on any atom is -0.347 e. The predicted molar refractivity (Wildman–Crippen MR) is 65.0 cm³/mol. The number of hydrogen-bond donors (Lipinski definition) is 3. The average molecular weight is 222 g/mol. The summed E-state index contributed by atoms with van der Waals surface area (Å²) in [7, 11) is 0. The second-order valence-electron chi connectivity index (χ2n) is 4.71. The van der Waals surface area contributed by atoms with E-state index >= 15 is 0 Å². The molecule has 1 unspecified atom stereocenters. The summed E-state index contributed by atoms with van der Waals surface area (Å²) in [6.45, 7) is 2.19. The summed E-state index contributed by atoms with van der Waals surface area (Å²) < 4.78 is 0. The molecule has 16 heavy (non-hydrogen) atoms. The smallest absolute Gasteiger partial charge is 0.123 e. The Balaban J connectivity index is 1.87. The van der Waals surface area contributed by atoms with Gasteiger partial charge in [-0.05, 0) is 32.1 Å². The molecule has 2 rings (SSSR count). The molecule has 0 aromatic carbocycles. The molecular formula is C12H22N4. The molecule has 4 heteroatoms. The van der Waals surface area contributed by atoms with Crippen LogP contribution in [0, 0.1) is 0 Å². The number of nitrogens with two attached hydrogens (primary N) is 1. The van der Waals surface area contributed by atoms with Gasteiger partial charge in [-0.3, -0.25) is 0 Å². The van der Waals surface area contributed by atoms with Crippen LogP contribution in [0.2, 0.25) is 0 Å². The number of aromatic amines is 1. The summed E-state index contributed by atoms with van der Waals surface area (Å²) in [6, 6.07) is 1.38. The first-order valence-corrected chi connectivity index (χ1v) is 6.30. The third-order valence-electron chi connectivity index (χ3n) is 3.47. The van der Waals surface area contributed by atoms with Crippen molar-refractivity contribution in [2.75, 3.05) is 0 Å². The Bertz CT molecular complexity index is 288. The zero-order chi connectivity index (χ0) is 11.4. The lowest BCUT2D eigenvalue weighted by molar-refractivity contribution is 0.308. The predicted octanol–water partition coefficient (Wildman–Crippen LogP) is 1.72. The molecule has 0 saturated heterocycles. The molecule has 1 aliphatic rings. The highest BCUT2D eigenvalue weighted by molar-refractivity contribution is 4.96. The summed E-state index contributed by atoms with van der Waals surface area (Å²) in [5.41, 5.74) is 5.91. The number of H-pyrrole nitrogens is 1. The zero-order valence-corrected chi connectivity index (χ0v) is 9.95. The lowest BCUT2D eigenvalue weighted by Crippen LogP contribution is -2.39. The van der Waals surface area contributed by atoms with Crippen LogP contribution in [0.1, 0.15) is 50.9 Å². The maximum absolute atomic E-state index is 5.91. The van der Waals surface area contributed by atoms with E-state index in [4.69, 9.17) is 5.73 Å². The number of nitrogens with zero attached hydrogens (tertiary/aromatic N) is 1. The maximum atomic E-state index is 5.91. The Morgan fingerprint density at radius 2 is 2.25 bits per heavy atom. The molecule has 1 aromatic heterocycles. The molecule has 0 bridgehead atoms. The quantitative estimate of drug-likeness (QED) is 0.726. The summed E-state index contributed by atoms with van der Waals surface area (Å²) in [5, 5.41) is 3.68. The number of hydrogen-bond acceptors (Lipinski definition) is 3. The van der Waals surface area contributed by atoms with Gasteiger partial charge in [0.25, 0.3) is 0 Å². The van der Waals surface area contributed by atoms with E-state index in [0.29, 0.717) is 18.1 Å². The molecule has 1 aliphatic carbocycles. The summed E-state index contributed by atoms with van der Waals surface area (Å²) in [5.74, 6) is 1.05. The molecule has 0 radical (unpaired) electrons. The molecule has 4 nitrogen and oxygen atoms in total. The lowest BCUT2D eigenvalue weighted by atomic mass is 9.91. The second-order valence-corrected chi connectivity index (χ2v) is 4.71. The molecule has 1 atom stereocenters. The number of imidazole rings is 1. The molecule has 1 saturated carbocycles. The summed E-state index contributed by atoms with van der Waals surface area (Å²) in [4.78, 5) is 7.51. The van der Waals surface area contributed by atoms with Crippen molar-refractivity contribution in [2.24, 2.45) is 5.73 Å². The van der Waals surface area contributed by atoms with Crippen LogP contribution in [0.5, 0.6) is 0 Å². The molecule has 0 spiro atoms. The van der Waals surface area contributed by atoms with Crippen LogP contribution in [0.3, 0.4) is 0 Å². The van der Waals surface area contributed by atoms with Gasteiger partial charge in [0.15, 0.2) is 0 Å². The van der Waals surface area contributed by atoms with Gasteiger partial charge in [0.2, 0.25) is 0 Å². The fourth-order valence-corrected chi connectivity index (χ4v) is 2.43. The van der Waals surface area contributed by atoms with E-state index < -0.39 is 0 Å². The molecule has 1 aromatic rings. The zero-order valence-electron chi connectivity index (χ0n) is 9.95. The Morgan fingerprint density at radius 1 is 1.50 bits per heavy atom. The van der Waals surface area contributed by atoms with Crippen LogP contribution in [-0.4, -0.2) is 22.1 Å². The van der Waals surface area contributed by atoms with E-state index in [1.165, 1.54) is 12.8 Å². The number of aromatic nitrogens is 2. The van der Waals surface area contributed by atoms with Gasteiger partial charge in [0, 0.05) is 24.5 Å². The Morgan fingerprint density at radius 3 is 2.81 bits per heavy atom. The average Bonchev–Trinajstić information content (AvgIpc) is 2.82. The highest BCUT2D eigenvalue weighted by atomic mass is 15.0. The fraction of sp³-hybridized carbons (Fsp3) is 0.750. The maximum Gasteiger partial charge on any atom is 0.123 e. The van der Waals surface area contributed by atoms with Gasteiger partial charge < -0.3 is 16.0 Å². The van der Waals surface area contributed by atoms with E-state index in [2.05, 4.69) is 22.2 Å². The van der Waals surface area contributed by atoms with E-state index in [1.807, 2.05) is 12.4 Å². The van der Waals surface area contributed by atoms with Gasteiger partial charge in [0.1, 0.15) is 5.82 Å². The van der Waals surface area contributed by atoms with Crippen LogP contribution < -0.4 is 11.1 Å². The van der Waals surface area contributed by atoms with Gasteiger partial charge in [-0.25, -0.2) is 4.98 Å². The molecule has 1 fully saturated rings. The first-order valence-electron chi connectivity index (χ1n) is 6.30. The van der Waals surface area contributed by atoms with Crippen molar-refractivity contribution < 1.29 is 0 Å². The van der Waals surface area contributed by atoms with E-state index in [-0.39, 0.29) is 0 Å². The molecule has 4 N–H and O–H groups in total. The first-order chi connectivity index (χ1) is 7.79. The van der Waals surface area contributed by atoms with Crippen molar-refractivity contribution in [1.82, 2.24) is 15.3 Å². The molecule has 0 aliphatic heterocycles. The van der Waals surface area contributed by atoms with Crippen LogP contribution in [0.15, 0.2) is 12.4 Å². The van der Waals surface area contributed by atoms with Crippen molar-refractivity contribution in [3.8, 4) is 0 Å². The topological polar surface area (TPSA) is 66.7 Å².